The summed E-state index contributed by atoms with van der Waals surface area (Å²) in [4.78, 5) is 16.0. The van der Waals surface area contributed by atoms with Gasteiger partial charge in [0.25, 0.3) is 0 Å². The molecular formula is C12H16N2O2S. The molecule has 0 saturated heterocycles. The maximum Gasteiger partial charge on any atom is 0.413 e. The SMILES string of the molecule is O=C(Nc1nc(C2CC2)cs1)OC1CCCC1. The van der Waals surface area contributed by atoms with Gasteiger partial charge < -0.3 is 4.74 Å². The van der Waals surface area contributed by atoms with Crippen molar-refractivity contribution in [2.24, 2.45) is 0 Å². The van der Waals surface area contributed by atoms with E-state index in [0.29, 0.717) is 11.0 Å². The lowest BCUT2D eigenvalue weighted by molar-refractivity contribution is 0.114. The number of ether oxygens (including phenoxy) is 1. The first kappa shape index (κ1) is 11.0. The van der Waals surface area contributed by atoms with Crippen LogP contribution in [0, 0.1) is 0 Å². The van der Waals surface area contributed by atoms with Gasteiger partial charge in [0.1, 0.15) is 6.10 Å². The Morgan fingerprint density at radius 2 is 2.12 bits per heavy atom. The Kier molecular flexibility index (Phi) is 3.01. The summed E-state index contributed by atoms with van der Waals surface area (Å²) < 4.78 is 5.32. The number of thiazole rings is 1. The largest absolute Gasteiger partial charge is 0.446 e. The summed E-state index contributed by atoms with van der Waals surface area (Å²) in [6.45, 7) is 0. The molecule has 2 saturated carbocycles. The fourth-order valence-electron chi connectivity index (χ4n) is 2.18. The number of hydrogen-bond donors (Lipinski definition) is 1. The van der Waals surface area contributed by atoms with E-state index in [2.05, 4.69) is 10.3 Å². The van der Waals surface area contributed by atoms with Gasteiger partial charge in [-0.05, 0) is 38.5 Å². The monoisotopic (exact) mass is 252 g/mol. The quantitative estimate of drug-likeness (QED) is 0.895. The number of amides is 1. The molecule has 1 heterocycles. The number of nitrogens with one attached hydrogen (secondary N) is 1. The van der Waals surface area contributed by atoms with Crippen LogP contribution in [0.15, 0.2) is 5.38 Å². The van der Waals surface area contributed by atoms with Gasteiger partial charge >= 0.3 is 6.09 Å². The van der Waals surface area contributed by atoms with Gasteiger partial charge in [0.2, 0.25) is 0 Å². The third-order valence-electron chi connectivity index (χ3n) is 3.30. The fraction of sp³-hybridized carbons (Fsp3) is 0.667. The maximum atomic E-state index is 11.6. The summed E-state index contributed by atoms with van der Waals surface area (Å²) in [5.74, 6) is 0.632. The van der Waals surface area contributed by atoms with Crippen molar-refractivity contribution in [3.05, 3.63) is 11.1 Å². The second kappa shape index (κ2) is 4.64. The maximum absolute atomic E-state index is 11.6. The van der Waals surface area contributed by atoms with Crippen molar-refractivity contribution < 1.29 is 9.53 Å². The molecule has 4 nitrogen and oxygen atoms in total. The Balaban J connectivity index is 1.52. The minimum Gasteiger partial charge on any atom is -0.446 e. The van der Waals surface area contributed by atoms with Crippen LogP contribution in [0.3, 0.4) is 0 Å². The van der Waals surface area contributed by atoms with Crippen LogP contribution in [-0.4, -0.2) is 17.2 Å². The van der Waals surface area contributed by atoms with Gasteiger partial charge in [-0.1, -0.05) is 0 Å². The number of hydrogen-bond acceptors (Lipinski definition) is 4. The molecule has 1 aromatic heterocycles. The molecule has 92 valence electrons. The molecule has 0 unspecified atom stereocenters. The zero-order valence-electron chi connectivity index (χ0n) is 9.65. The van der Waals surface area contributed by atoms with E-state index in [4.69, 9.17) is 4.74 Å². The lowest BCUT2D eigenvalue weighted by Gasteiger charge is -2.10. The molecule has 1 N–H and O–H groups in total. The average molecular weight is 252 g/mol. The molecule has 0 aliphatic heterocycles. The van der Waals surface area contributed by atoms with Crippen molar-refractivity contribution in [3.63, 3.8) is 0 Å². The molecule has 2 aliphatic rings. The van der Waals surface area contributed by atoms with Crippen LogP contribution in [0.4, 0.5) is 9.93 Å². The smallest absolute Gasteiger partial charge is 0.413 e. The van der Waals surface area contributed by atoms with E-state index >= 15 is 0 Å². The third-order valence-corrected chi connectivity index (χ3v) is 4.08. The first-order chi connectivity index (χ1) is 8.31. The second-order valence-corrected chi connectivity index (χ2v) is 5.65. The van der Waals surface area contributed by atoms with Crippen LogP contribution < -0.4 is 5.32 Å². The number of rotatable bonds is 3. The summed E-state index contributed by atoms with van der Waals surface area (Å²) in [6, 6.07) is 0. The fourth-order valence-corrected chi connectivity index (χ4v) is 2.96. The van der Waals surface area contributed by atoms with Gasteiger partial charge in [0.15, 0.2) is 5.13 Å². The summed E-state index contributed by atoms with van der Waals surface area (Å²) in [5.41, 5.74) is 1.12. The van der Waals surface area contributed by atoms with Gasteiger partial charge in [-0.25, -0.2) is 9.78 Å². The standard InChI is InChI=1S/C12H16N2O2S/c15-12(16-9-3-1-2-4-9)14-11-13-10(7-17-11)8-5-6-8/h7-9H,1-6H2,(H,13,14,15). The first-order valence-corrected chi connectivity index (χ1v) is 7.12. The molecule has 17 heavy (non-hydrogen) atoms. The third kappa shape index (κ3) is 2.77. The number of carbonyl (C=O) groups is 1. The van der Waals surface area contributed by atoms with Crippen molar-refractivity contribution in [1.82, 2.24) is 4.98 Å². The molecule has 0 atom stereocenters. The van der Waals surface area contributed by atoms with Gasteiger partial charge in [-0.2, -0.15) is 0 Å². The topological polar surface area (TPSA) is 51.2 Å². The van der Waals surface area contributed by atoms with Gasteiger partial charge in [0, 0.05) is 11.3 Å². The van der Waals surface area contributed by atoms with E-state index in [1.165, 1.54) is 37.0 Å². The molecule has 2 fully saturated rings. The minimum absolute atomic E-state index is 0.109. The van der Waals surface area contributed by atoms with Crippen molar-refractivity contribution in [2.45, 2.75) is 50.5 Å². The molecule has 3 rings (SSSR count). The highest BCUT2D eigenvalue weighted by atomic mass is 32.1. The van der Waals surface area contributed by atoms with Crippen LogP contribution in [-0.2, 0) is 4.74 Å². The average Bonchev–Trinajstić information content (AvgIpc) is 2.84. The molecule has 1 aromatic rings. The molecule has 5 heteroatoms. The summed E-state index contributed by atoms with van der Waals surface area (Å²) in [5, 5.41) is 5.41. The lowest BCUT2D eigenvalue weighted by atomic mass is 10.3. The van der Waals surface area contributed by atoms with Crippen LogP contribution >= 0.6 is 11.3 Å². The minimum atomic E-state index is -0.353. The molecule has 0 bridgehead atoms. The van der Waals surface area contributed by atoms with Crippen molar-refractivity contribution in [1.29, 1.82) is 0 Å². The normalized spacial score (nSPS) is 20.5. The number of carbonyl (C=O) groups excluding carboxylic acids is 1. The van der Waals surface area contributed by atoms with E-state index in [1.807, 2.05) is 5.38 Å². The van der Waals surface area contributed by atoms with E-state index in [-0.39, 0.29) is 12.2 Å². The Morgan fingerprint density at radius 3 is 2.82 bits per heavy atom. The van der Waals surface area contributed by atoms with E-state index in [1.54, 1.807) is 0 Å². The van der Waals surface area contributed by atoms with Crippen molar-refractivity contribution in [2.75, 3.05) is 5.32 Å². The summed E-state index contributed by atoms with van der Waals surface area (Å²) in [6.07, 6.45) is 6.55. The molecule has 0 aromatic carbocycles. The number of aromatic nitrogens is 1. The Hall–Kier alpha value is -1.10. The highest BCUT2D eigenvalue weighted by Crippen LogP contribution is 2.40. The number of nitrogens with zero attached hydrogens (tertiary/aromatic N) is 1. The summed E-state index contributed by atoms with van der Waals surface area (Å²) >= 11 is 1.48. The van der Waals surface area contributed by atoms with E-state index in [9.17, 15) is 4.79 Å². The van der Waals surface area contributed by atoms with Crippen LogP contribution in [0.2, 0.25) is 0 Å². The lowest BCUT2D eigenvalue weighted by Crippen LogP contribution is -2.20. The van der Waals surface area contributed by atoms with E-state index < -0.39 is 0 Å². The Labute approximate surface area is 104 Å². The highest BCUT2D eigenvalue weighted by Gasteiger charge is 2.26. The van der Waals surface area contributed by atoms with Gasteiger partial charge in [-0.3, -0.25) is 5.32 Å². The van der Waals surface area contributed by atoms with Gasteiger partial charge in [0.05, 0.1) is 5.69 Å². The molecule has 1 amide bonds. The zero-order valence-corrected chi connectivity index (χ0v) is 10.5. The van der Waals surface area contributed by atoms with Crippen LogP contribution in [0.5, 0.6) is 0 Å². The summed E-state index contributed by atoms with van der Waals surface area (Å²) in [7, 11) is 0. The van der Waals surface area contributed by atoms with Crippen molar-refractivity contribution >= 4 is 22.6 Å². The molecular weight excluding hydrogens is 236 g/mol. The number of anilines is 1. The Bertz CT molecular complexity index is 408. The highest BCUT2D eigenvalue weighted by molar-refractivity contribution is 7.13. The zero-order chi connectivity index (χ0) is 11.7. The predicted molar refractivity (Wildman–Crippen MR) is 66.4 cm³/mol. The van der Waals surface area contributed by atoms with E-state index in [0.717, 1.165) is 18.5 Å². The van der Waals surface area contributed by atoms with Crippen LogP contribution in [0.25, 0.3) is 0 Å². The first-order valence-electron chi connectivity index (χ1n) is 6.24. The molecule has 0 spiro atoms. The molecule has 2 aliphatic carbocycles. The second-order valence-electron chi connectivity index (χ2n) is 4.79. The van der Waals surface area contributed by atoms with Crippen molar-refractivity contribution in [3.8, 4) is 0 Å². The van der Waals surface area contributed by atoms with Crippen LogP contribution in [0.1, 0.15) is 50.1 Å². The Morgan fingerprint density at radius 1 is 1.35 bits per heavy atom. The predicted octanol–water partition coefficient (Wildman–Crippen LogP) is 3.51. The van der Waals surface area contributed by atoms with Gasteiger partial charge in [-0.15, -0.1) is 11.3 Å². The molecule has 0 radical (unpaired) electrons.